The number of hydrogen-bond acceptors (Lipinski definition) is 6. The third-order valence-electron chi connectivity index (χ3n) is 5.33. The Hall–Kier alpha value is -2.97. The molecule has 6 nitrogen and oxygen atoms in total. The molecule has 0 radical (unpaired) electrons. The fraction of sp³-hybridized carbons (Fsp3) is 0.280. The van der Waals surface area contributed by atoms with Crippen molar-refractivity contribution in [3.8, 4) is 0 Å². The lowest BCUT2D eigenvalue weighted by molar-refractivity contribution is -0.122. The number of anilines is 1. The standard InChI is InChI=1S/C25H26N4O2S2/c1-16(2)15-29-24(31)20(33-25(29)32)14-19-21(26-12-11-18-9-5-4-6-10-18)27-22-17(3)8-7-13-28(22)23(19)30/h4-10,13-14,16,26H,11-12,15H2,1-3H3. The van der Waals surface area contributed by atoms with Gasteiger partial charge in [-0.05, 0) is 42.5 Å². The minimum absolute atomic E-state index is 0.164. The van der Waals surface area contributed by atoms with E-state index in [4.69, 9.17) is 17.2 Å². The van der Waals surface area contributed by atoms with Crippen molar-refractivity contribution in [2.75, 3.05) is 18.4 Å². The van der Waals surface area contributed by atoms with Crippen LogP contribution in [0.5, 0.6) is 0 Å². The highest BCUT2D eigenvalue weighted by atomic mass is 32.2. The van der Waals surface area contributed by atoms with Crippen LogP contribution in [-0.2, 0) is 11.2 Å². The van der Waals surface area contributed by atoms with E-state index in [1.54, 1.807) is 17.2 Å². The number of benzene rings is 1. The second-order valence-electron chi connectivity index (χ2n) is 8.41. The van der Waals surface area contributed by atoms with Gasteiger partial charge in [-0.2, -0.15) is 0 Å². The van der Waals surface area contributed by atoms with Crippen LogP contribution in [0.1, 0.15) is 30.5 Å². The summed E-state index contributed by atoms with van der Waals surface area (Å²) in [5.41, 5.74) is 2.82. The molecular formula is C25H26N4O2S2. The third kappa shape index (κ3) is 5.02. The van der Waals surface area contributed by atoms with Gasteiger partial charge in [0, 0.05) is 19.3 Å². The Labute approximate surface area is 202 Å². The van der Waals surface area contributed by atoms with Crippen LogP contribution in [0.4, 0.5) is 5.82 Å². The number of aryl methyl sites for hydroxylation is 1. The maximum absolute atomic E-state index is 13.4. The van der Waals surface area contributed by atoms with Crippen LogP contribution in [0.3, 0.4) is 0 Å². The van der Waals surface area contributed by atoms with Crippen LogP contribution in [-0.4, -0.2) is 37.6 Å². The maximum Gasteiger partial charge on any atom is 0.267 e. The molecule has 0 spiro atoms. The smallest absolute Gasteiger partial charge is 0.267 e. The van der Waals surface area contributed by atoms with E-state index in [-0.39, 0.29) is 17.4 Å². The van der Waals surface area contributed by atoms with Gasteiger partial charge in [-0.25, -0.2) is 4.98 Å². The molecule has 1 aliphatic rings. The van der Waals surface area contributed by atoms with E-state index in [0.29, 0.717) is 39.3 Å². The van der Waals surface area contributed by atoms with Gasteiger partial charge in [0.05, 0.1) is 10.5 Å². The number of thioether (sulfide) groups is 1. The molecule has 1 N–H and O–H groups in total. The summed E-state index contributed by atoms with van der Waals surface area (Å²) in [7, 11) is 0. The zero-order valence-electron chi connectivity index (χ0n) is 18.9. The summed E-state index contributed by atoms with van der Waals surface area (Å²) in [6.45, 7) is 7.16. The Kier molecular flexibility index (Phi) is 6.95. The van der Waals surface area contributed by atoms with Crippen LogP contribution < -0.4 is 10.9 Å². The topological polar surface area (TPSA) is 66.7 Å². The fourth-order valence-corrected chi connectivity index (χ4v) is 4.96. The van der Waals surface area contributed by atoms with Gasteiger partial charge in [0.25, 0.3) is 11.5 Å². The molecule has 8 heteroatoms. The quantitative estimate of drug-likeness (QED) is 0.398. The number of aromatic nitrogens is 2. The lowest BCUT2D eigenvalue weighted by Gasteiger charge is -2.16. The van der Waals surface area contributed by atoms with Crippen LogP contribution in [0.25, 0.3) is 11.7 Å². The molecule has 2 aromatic heterocycles. The Morgan fingerprint density at radius 3 is 2.64 bits per heavy atom. The molecule has 33 heavy (non-hydrogen) atoms. The van der Waals surface area contributed by atoms with Crippen molar-refractivity contribution in [1.82, 2.24) is 14.3 Å². The number of nitrogens with zero attached hydrogens (tertiary/aromatic N) is 3. The summed E-state index contributed by atoms with van der Waals surface area (Å²) in [4.78, 5) is 33.2. The van der Waals surface area contributed by atoms with Crippen molar-refractivity contribution in [2.45, 2.75) is 27.2 Å². The molecule has 1 aliphatic heterocycles. The van der Waals surface area contributed by atoms with Gasteiger partial charge < -0.3 is 5.32 Å². The van der Waals surface area contributed by atoms with E-state index in [1.807, 2.05) is 51.1 Å². The van der Waals surface area contributed by atoms with Gasteiger partial charge in [-0.3, -0.25) is 18.9 Å². The number of fused-ring (bicyclic) bond motifs is 1. The minimum Gasteiger partial charge on any atom is -0.369 e. The molecular weight excluding hydrogens is 452 g/mol. The molecule has 0 saturated carbocycles. The van der Waals surface area contributed by atoms with E-state index < -0.39 is 0 Å². The first-order valence-electron chi connectivity index (χ1n) is 10.9. The summed E-state index contributed by atoms with van der Waals surface area (Å²) in [5, 5.41) is 3.33. The Morgan fingerprint density at radius 1 is 1.15 bits per heavy atom. The predicted octanol–water partition coefficient (Wildman–Crippen LogP) is 4.51. The molecule has 0 aliphatic carbocycles. The fourth-order valence-electron chi connectivity index (χ4n) is 3.70. The highest BCUT2D eigenvalue weighted by molar-refractivity contribution is 8.26. The molecule has 4 rings (SSSR count). The van der Waals surface area contributed by atoms with Gasteiger partial charge in [-0.15, -0.1) is 0 Å². The van der Waals surface area contributed by atoms with Crippen molar-refractivity contribution in [2.24, 2.45) is 5.92 Å². The number of carbonyl (C=O) groups excluding carboxylic acids is 1. The van der Waals surface area contributed by atoms with Crippen LogP contribution in [0, 0.1) is 12.8 Å². The second kappa shape index (κ2) is 9.89. The highest BCUT2D eigenvalue weighted by Crippen LogP contribution is 2.33. The van der Waals surface area contributed by atoms with Crippen LogP contribution in [0.2, 0.25) is 0 Å². The van der Waals surface area contributed by atoms with E-state index in [9.17, 15) is 9.59 Å². The lowest BCUT2D eigenvalue weighted by Crippen LogP contribution is -2.31. The Bertz CT molecular complexity index is 1300. The number of amides is 1. The molecule has 0 atom stereocenters. The molecule has 1 amide bonds. The normalized spacial score (nSPS) is 15.3. The molecule has 3 aromatic rings. The van der Waals surface area contributed by atoms with Crippen molar-refractivity contribution < 1.29 is 4.79 Å². The number of thiocarbonyl (C=S) groups is 1. The number of pyridine rings is 1. The lowest BCUT2D eigenvalue weighted by atomic mass is 10.1. The van der Waals surface area contributed by atoms with Gasteiger partial charge in [-0.1, -0.05) is 74.2 Å². The zero-order valence-corrected chi connectivity index (χ0v) is 20.5. The summed E-state index contributed by atoms with van der Waals surface area (Å²) < 4.78 is 2.04. The summed E-state index contributed by atoms with van der Waals surface area (Å²) in [5.74, 6) is 0.597. The highest BCUT2D eigenvalue weighted by Gasteiger charge is 2.32. The average molecular weight is 479 g/mol. The summed E-state index contributed by atoms with van der Waals surface area (Å²) in [6.07, 6.45) is 4.12. The molecule has 1 aromatic carbocycles. The molecule has 0 bridgehead atoms. The SMILES string of the molecule is Cc1cccn2c(=O)c(C=C3SC(=S)N(CC(C)C)C3=O)c(NCCc3ccccc3)nc12. The van der Waals surface area contributed by atoms with Crippen molar-refractivity contribution in [3.63, 3.8) is 0 Å². The van der Waals surface area contributed by atoms with E-state index >= 15 is 0 Å². The minimum atomic E-state index is -0.222. The van der Waals surface area contributed by atoms with E-state index in [0.717, 1.165) is 12.0 Å². The predicted molar refractivity (Wildman–Crippen MR) is 140 cm³/mol. The number of carbonyl (C=O) groups is 1. The Morgan fingerprint density at radius 2 is 1.91 bits per heavy atom. The first-order chi connectivity index (χ1) is 15.8. The zero-order chi connectivity index (χ0) is 23.5. The number of rotatable bonds is 7. The van der Waals surface area contributed by atoms with Crippen LogP contribution in [0.15, 0.2) is 58.4 Å². The molecule has 1 saturated heterocycles. The largest absolute Gasteiger partial charge is 0.369 e. The molecule has 3 heterocycles. The van der Waals surface area contributed by atoms with Gasteiger partial charge in [0.1, 0.15) is 15.8 Å². The van der Waals surface area contributed by atoms with Crippen molar-refractivity contribution in [1.29, 1.82) is 0 Å². The number of hydrogen-bond donors (Lipinski definition) is 1. The molecule has 1 fully saturated rings. The first-order valence-corrected chi connectivity index (χ1v) is 12.1. The monoisotopic (exact) mass is 478 g/mol. The van der Waals surface area contributed by atoms with E-state index in [2.05, 4.69) is 17.4 Å². The van der Waals surface area contributed by atoms with Crippen molar-refractivity contribution >= 4 is 51.7 Å². The van der Waals surface area contributed by atoms with Gasteiger partial charge in [0.2, 0.25) is 0 Å². The average Bonchev–Trinajstić information content (AvgIpc) is 3.04. The number of nitrogens with one attached hydrogen (secondary N) is 1. The van der Waals surface area contributed by atoms with Gasteiger partial charge >= 0.3 is 0 Å². The Balaban J connectivity index is 1.73. The first kappa shape index (κ1) is 23.2. The summed E-state index contributed by atoms with van der Waals surface area (Å²) in [6, 6.07) is 13.9. The third-order valence-corrected chi connectivity index (χ3v) is 6.71. The second-order valence-corrected chi connectivity index (χ2v) is 10.1. The summed E-state index contributed by atoms with van der Waals surface area (Å²) >= 11 is 6.66. The maximum atomic E-state index is 13.4. The van der Waals surface area contributed by atoms with E-state index in [1.165, 1.54) is 21.7 Å². The van der Waals surface area contributed by atoms with Crippen molar-refractivity contribution in [3.05, 3.63) is 80.6 Å². The van der Waals surface area contributed by atoms with Gasteiger partial charge in [0.15, 0.2) is 0 Å². The van der Waals surface area contributed by atoms with Crippen LogP contribution >= 0.6 is 24.0 Å². The molecule has 0 unspecified atom stereocenters. The molecule has 170 valence electrons.